The lowest BCUT2D eigenvalue weighted by atomic mass is 10.1. The third kappa shape index (κ3) is 6.29. The highest BCUT2D eigenvalue weighted by atomic mass is 19.1. The van der Waals surface area contributed by atoms with E-state index in [9.17, 15) is 4.39 Å². The minimum atomic E-state index is -0.248. The van der Waals surface area contributed by atoms with Crippen LogP contribution >= 0.6 is 0 Å². The standard InChI is InChI=1S/C18H27FN2/c1-4-5-6-12-21(15(2)3)14-17-9-10-18(19)13-16(17)8-7-11-20/h9-10,13,15H,4-6,11-12,14,20H2,1-3H3. The van der Waals surface area contributed by atoms with Crippen molar-refractivity contribution in [2.45, 2.75) is 52.6 Å². The van der Waals surface area contributed by atoms with Crippen LogP contribution in [0, 0.1) is 17.7 Å². The summed E-state index contributed by atoms with van der Waals surface area (Å²) in [5.74, 6) is 5.56. The molecule has 0 unspecified atom stereocenters. The molecule has 0 aliphatic heterocycles. The van der Waals surface area contributed by atoms with E-state index in [1.54, 1.807) is 0 Å². The van der Waals surface area contributed by atoms with Gasteiger partial charge in [-0.25, -0.2) is 4.39 Å². The van der Waals surface area contributed by atoms with Gasteiger partial charge in [-0.2, -0.15) is 0 Å². The summed E-state index contributed by atoms with van der Waals surface area (Å²) < 4.78 is 13.4. The molecule has 0 aromatic heterocycles. The van der Waals surface area contributed by atoms with E-state index in [1.165, 1.54) is 31.4 Å². The predicted octanol–water partition coefficient (Wildman–Crippen LogP) is 3.54. The third-order valence-corrected chi connectivity index (χ3v) is 3.55. The molecule has 0 amide bonds. The van der Waals surface area contributed by atoms with Crippen molar-refractivity contribution in [3.05, 3.63) is 35.1 Å². The van der Waals surface area contributed by atoms with Gasteiger partial charge in [0.1, 0.15) is 5.82 Å². The molecular weight excluding hydrogens is 263 g/mol. The van der Waals surface area contributed by atoms with E-state index in [0.29, 0.717) is 12.6 Å². The Hall–Kier alpha value is -1.37. The molecule has 0 saturated carbocycles. The van der Waals surface area contributed by atoms with Crippen molar-refractivity contribution in [1.82, 2.24) is 4.90 Å². The number of hydrogen-bond donors (Lipinski definition) is 1. The van der Waals surface area contributed by atoms with E-state index in [4.69, 9.17) is 5.73 Å². The Morgan fingerprint density at radius 3 is 2.67 bits per heavy atom. The van der Waals surface area contributed by atoms with Gasteiger partial charge in [-0.05, 0) is 44.5 Å². The van der Waals surface area contributed by atoms with Crippen LogP contribution in [0.5, 0.6) is 0 Å². The molecule has 1 aromatic carbocycles. The molecule has 0 aliphatic rings. The minimum Gasteiger partial charge on any atom is -0.320 e. The molecule has 0 saturated heterocycles. The fourth-order valence-electron chi connectivity index (χ4n) is 2.25. The Balaban J connectivity index is 2.87. The monoisotopic (exact) mass is 290 g/mol. The van der Waals surface area contributed by atoms with Crippen molar-refractivity contribution in [2.24, 2.45) is 5.73 Å². The molecule has 0 atom stereocenters. The van der Waals surface area contributed by atoms with Crippen molar-refractivity contribution < 1.29 is 4.39 Å². The minimum absolute atomic E-state index is 0.248. The maximum Gasteiger partial charge on any atom is 0.124 e. The Kier molecular flexibility index (Phi) is 8.04. The highest BCUT2D eigenvalue weighted by Crippen LogP contribution is 2.15. The molecule has 2 nitrogen and oxygen atoms in total. The van der Waals surface area contributed by atoms with Crippen molar-refractivity contribution in [3.63, 3.8) is 0 Å². The Labute approximate surface area is 128 Å². The van der Waals surface area contributed by atoms with Crippen molar-refractivity contribution in [3.8, 4) is 11.8 Å². The van der Waals surface area contributed by atoms with Gasteiger partial charge in [0.15, 0.2) is 0 Å². The number of rotatable bonds is 7. The first kappa shape index (κ1) is 17.7. The second kappa shape index (κ2) is 9.55. The SMILES string of the molecule is CCCCCN(Cc1ccc(F)cc1C#CCN)C(C)C. The highest BCUT2D eigenvalue weighted by molar-refractivity contribution is 5.42. The largest absolute Gasteiger partial charge is 0.320 e. The summed E-state index contributed by atoms with van der Waals surface area (Å²) in [5, 5.41) is 0. The first-order valence-corrected chi connectivity index (χ1v) is 7.79. The maximum absolute atomic E-state index is 13.4. The van der Waals surface area contributed by atoms with Crippen LogP contribution in [0.1, 0.15) is 51.2 Å². The average Bonchev–Trinajstić information content (AvgIpc) is 2.45. The summed E-state index contributed by atoms with van der Waals surface area (Å²) in [6.45, 7) is 8.75. The zero-order valence-corrected chi connectivity index (χ0v) is 13.5. The molecule has 1 rings (SSSR count). The van der Waals surface area contributed by atoms with Crippen LogP contribution in [-0.4, -0.2) is 24.0 Å². The quantitative estimate of drug-likeness (QED) is 0.615. The van der Waals surface area contributed by atoms with Crippen LogP contribution in [0.3, 0.4) is 0 Å². The van der Waals surface area contributed by atoms with Gasteiger partial charge in [-0.1, -0.05) is 37.7 Å². The van der Waals surface area contributed by atoms with Gasteiger partial charge < -0.3 is 5.73 Å². The van der Waals surface area contributed by atoms with Crippen LogP contribution in [0.2, 0.25) is 0 Å². The molecule has 3 heteroatoms. The van der Waals surface area contributed by atoms with Gasteiger partial charge in [0.05, 0.1) is 6.54 Å². The Morgan fingerprint density at radius 1 is 1.29 bits per heavy atom. The lowest BCUT2D eigenvalue weighted by Gasteiger charge is -2.27. The van der Waals surface area contributed by atoms with E-state index >= 15 is 0 Å². The first-order valence-electron chi connectivity index (χ1n) is 7.79. The summed E-state index contributed by atoms with van der Waals surface area (Å²) in [6.07, 6.45) is 3.65. The molecule has 0 fully saturated rings. The summed E-state index contributed by atoms with van der Waals surface area (Å²) in [4.78, 5) is 2.41. The van der Waals surface area contributed by atoms with E-state index in [2.05, 4.69) is 37.5 Å². The Morgan fingerprint density at radius 2 is 2.05 bits per heavy atom. The summed E-state index contributed by atoms with van der Waals surface area (Å²) in [5.41, 5.74) is 7.24. The zero-order valence-electron chi connectivity index (χ0n) is 13.5. The molecule has 1 aromatic rings. The van der Waals surface area contributed by atoms with Gasteiger partial charge in [0.2, 0.25) is 0 Å². The van der Waals surface area contributed by atoms with Crippen LogP contribution in [0.4, 0.5) is 4.39 Å². The zero-order chi connectivity index (χ0) is 15.7. The maximum atomic E-state index is 13.4. The van der Waals surface area contributed by atoms with Gasteiger partial charge in [0.25, 0.3) is 0 Å². The van der Waals surface area contributed by atoms with Crippen LogP contribution in [-0.2, 0) is 6.54 Å². The molecule has 21 heavy (non-hydrogen) atoms. The van der Waals surface area contributed by atoms with E-state index in [1.807, 2.05) is 6.07 Å². The van der Waals surface area contributed by atoms with Crippen molar-refractivity contribution in [2.75, 3.05) is 13.1 Å². The van der Waals surface area contributed by atoms with Gasteiger partial charge in [0, 0.05) is 18.2 Å². The lowest BCUT2D eigenvalue weighted by molar-refractivity contribution is 0.208. The second-order valence-electron chi connectivity index (χ2n) is 5.58. The molecular formula is C18H27FN2. The summed E-state index contributed by atoms with van der Waals surface area (Å²) in [6, 6.07) is 5.31. The van der Waals surface area contributed by atoms with Gasteiger partial charge in [-0.3, -0.25) is 4.90 Å². The first-order chi connectivity index (χ1) is 10.1. The molecule has 0 bridgehead atoms. The number of nitrogens with two attached hydrogens (primary N) is 1. The van der Waals surface area contributed by atoms with Gasteiger partial charge >= 0.3 is 0 Å². The fraction of sp³-hybridized carbons (Fsp3) is 0.556. The number of benzene rings is 1. The molecule has 0 heterocycles. The van der Waals surface area contributed by atoms with E-state index in [-0.39, 0.29) is 5.82 Å². The highest BCUT2D eigenvalue weighted by Gasteiger charge is 2.12. The second-order valence-corrected chi connectivity index (χ2v) is 5.58. The number of unbranched alkanes of at least 4 members (excludes halogenated alkanes) is 2. The number of nitrogens with zero attached hydrogens (tertiary/aromatic N) is 1. The third-order valence-electron chi connectivity index (χ3n) is 3.55. The summed E-state index contributed by atoms with van der Waals surface area (Å²) in [7, 11) is 0. The molecule has 0 spiro atoms. The van der Waals surface area contributed by atoms with Gasteiger partial charge in [-0.15, -0.1) is 0 Å². The van der Waals surface area contributed by atoms with Crippen LogP contribution < -0.4 is 5.73 Å². The van der Waals surface area contributed by atoms with Crippen molar-refractivity contribution >= 4 is 0 Å². The molecule has 2 N–H and O–H groups in total. The molecule has 0 aliphatic carbocycles. The smallest absolute Gasteiger partial charge is 0.124 e. The average molecular weight is 290 g/mol. The lowest BCUT2D eigenvalue weighted by Crippen LogP contribution is -2.31. The fourth-order valence-corrected chi connectivity index (χ4v) is 2.25. The number of hydrogen-bond acceptors (Lipinski definition) is 2. The Bertz CT molecular complexity index is 486. The summed E-state index contributed by atoms with van der Waals surface area (Å²) >= 11 is 0. The predicted molar refractivity (Wildman–Crippen MR) is 87.4 cm³/mol. The van der Waals surface area contributed by atoms with E-state index < -0.39 is 0 Å². The number of halogens is 1. The normalized spacial score (nSPS) is 10.8. The van der Waals surface area contributed by atoms with Crippen LogP contribution in [0.25, 0.3) is 0 Å². The molecule has 116 valence electrons. The topological polar surface area (TPSA) is 29.3 Å². The van der Waals surface area contributed by atoms with E-state index in [0.717, 1.165) is 24.2 Å². The van der Waals surface area contributed by atoms with Crippen molar-refractivity contribution in [1.29, 1.82) is 0 Å². The van der Waals surface area contributed by atoms with Crippen LogP contribution in [0.15, 0.2) is 18.2 Å². The molecule has 0 radical (unpaired) electrons.